The fraction of sp³-hybridized carbons (Fsp3) is 0.812. The van der Waals surface area contributed by atoms with Crippen LogP contribution in [0.25, 0.3) is 0 Å². The molecule has 2 aliphatic rings. The normalized spacial score (nSPS) is 43.9. The van der Waals surface area contributed by atoms with Crippen LogP contribution in [0.15, 0.2) is 12.3 Å². The van der Waals surface area contributed by atoms with Crippen molar-refractivity contribution >= 4 is 25.6 Å². The van der Waals surface area contributed by atoms with Gasteiger partial charge in [-0.15, -0.1) is 0 Å². The monoisotopic (exact) mass is 436 g/mol. The van der Waals surface area contributed by atoms with Crippen LogP contribution in [-0.2, 0) is 17.3 Å². The van der Waals surface area contributed by atoms with Gasteiger partial charge in [-0.2, -0.15) is 0 Å². The van der Waals surface area contributed by atoms with Gasteiger partial charge in [0.05, 0.1) is 0 Å². The van der Waals surface area contributed by atoms with Crippen LogP contribution in [-0.4, -0.2) is 78.7 Å². The van der Waals surface area contributed by atoms with Crippen LogP contribution in [0.2, 0.25) is 0 Å². The number of aliphatic hydroxyl groups is 2. The third-order valence-corrected chi connectivity index (χ3v) is 5.96. The van der Waals surface area contributed by atoms with Gasteiger partial charge in [-0.1, -0.05) is 0 Å². The Bertz CT molecular complexity index is 417. The second-order valence-corrected chi connectivity index (χ2v) is 7.80. The summed E-state index contributed by atoms with van der Waals surface area (Å²) in [5.74, 6) is 0.154. The molecule has 0 aromatic rings. The van der Waals surface area contributed by atoms with Crippen molar-refractivity contribution in [1.82, 2.24) is 0 Å². The molecule has 6 nitrogen and oxygen atoms in total. The molecule has 0 aromatic carbocycles. The molecule has 2 rings (SSSR count). The fourth-order valence-corrected chi connectivity index (χ4v) is 4.67. The maximum atomic E-state index is 10.5. The van der Waals surface area contributed by atoms with E-state index < -0.39 is 51.8 Å². The van der Waals surface area contributed by atoms with Crippen molar-refractivity contribution in [3.05, 3.63) is 12.3 Å². The zero-order valence-corrected chi connectivity index (χ0v) is 17.3. The van der Waals surface area contributed by atoms with E-state index in [4.69, 9.17) is 17.3 Å². The van der Waals surface area contributed by atoms with Crippen LogP contribution < -0.4 is 0 Å². The zero-order valence-electron chi connectivity index (χ0n) is 14.0. The molecular formula is C16H28O6Sn. The molecule has 0 aromatic heterocycles. The summed E-state index contributed by atoms with van der Waals surface area (Å²) in [4.78, 5) is 0. The zero-order chi connectivity index (χ0) is 17.0. The molecule has 1 fully saturated rings. The van der Waals surface area contributed by atoms with Crippen LogP contribution in [0.1, 0.15) is 33.6 Å². The molecule has 0 saturated carbocycles. The predicted molar refractivity (Wildman–Crippen MR) is 88.4 cm³/mol. The fourth-order valence-electron chi connectivity index (χ4n) is 3.11. The minimum absolute atomic E-state index is 0.0808. The van der Waals surface area contributed by atoms with E-state index in [1.54, 1.807) is 6.26 Å². The quantitative estimate of drug-likeness (QED) is 0.587. The van der Waals surface area contributed by atoms with Gasteiger partial charge in [-0.05, 0) is 0 Å². The molecule has 0 aliphatic carbocycles. The number of hydrogen-bond acceptors (Lipinski definition) is 6. The Labute approximate surface area is 148 Å². The second kappa shape index (κ2) is 8.92. The molecule has 0 radical (unpaired) electrons. The van der Waals surface area contributed by atoms with Crippen molar-refractivity contribution in [2.75, 3.05) is 0 Å². The molecule has 1 saturated heterocycles. The summed E-state index contributed by atoms with van der Waals surface area (Å²) in [6.07, 6.45) is 0.950. The molecule has 5 unspecified atom stereocenters. The number of ether oxygens (including phenoxy) is 3. The van der Waals surface area contributed by atoms with E-state index in [-0.39, 0.29) is 18.1 Å². The molecule has 8 atom stereocenters. The van der Waals surface area contributed by atoms with Gasteiger partial charge < -0.3 is 0 Å². The van der Waals surface area contributed by atoms with E-state index in [9.17, 15) is 10.2 Å². The molecule has 0 bridgehead atoms. The summed E-state index contributed by atoms with van der Waals surface area (Å²) in [5.41, 5.74) is 0. The molecular weight excluding hydrogens is 407 g/mol. The predicted octanol–water partition coefficient (Wildman–Crippen LogP) is 0.356. The summed E-state index contributed by atoms with van der Waals surface area (Å²) < 4.78 is 26.9. The standard InChI is InChI=1S/C15H25O6.CH2.Sn.H/c1-4-9-11(16)12(17)13(18)15(20-9)21-14-8(3)6-7-19-10(14)5-2;;;/h6-16,18H,4-5H2,1-3H3;1H2;;/q-1;;+1;/t8?,9?,10?,11-,12?,13?,14-,15-;;;/m0.../s1. The van der Waals surface area contributed by atoms with E-state index in [0.29, 0.717) is 6.42 Å². The Hall–Kier alpha value is 0.00870. The minimum atomic E-state index is -1.45. The van der Waals surface area contributed by atoms with Gasteiger partial charge in [0.25, 0.3) is 0 Å². The Morgan fingerprint density at radius 2 is 1.83 bits per heavy atom. The Morgan fingerprint density at radius 1 is 1.13 bits per heavy atom. The summed E-state index contributed by atoms with van der Waals surface area (Å²) in [7, 11) is 0. The molecule has 2 aliphatic heterocycles. The molecule has 2 heterocycles. The van der Waals surface area contributed by atoms with Gasteiger partial charge >= 0.3 is 148 Å². The second-order valence-electron chi connectivity index (χ2n) is 6.07. The number of rotatable bonds is 6. The number of hydrogen-bond donors (Lipinski definition) is 2. The van der Waals surface area contributed by atoms with Gasteiger partial charge in [0, 0.05) is 0 Å². The van der Waals surface area contributed by atoms with Gasteiger partial charge in [0.2, 0.25) is 0 Å². The van der Waals surface area contributed by atoms with Crippen molar-refractivity contribution in [2.45, 2.75) is 76.5 Å². The molecule has 23 heavy (non-hydrogen) atoms. The summed E-state index contributed by atoms with van der Waals surface area (Å²) in [6, 6.07) is 0. The first-order valence-electron chi connectivity index (χ1n) is 8.28. The van der Waals surface area contributed by atoms with Crippen LogP contribution in [0.5, 0.6) is 0 Å². The van der Waals surface area contributed by atoms with Crippen molar-refractivity contribution in [2.24, 2.45) is 5.92 Å². The molecule has 132 valence electrons. The van der Waals surface area contributed by atoms with E-state index in [0.717, 1.165) is 6.42 Å². The van der Waals surface area contributed by atoms with Crippen molar-refractivity contribution in [1.29, 1.82) is 0 Å². The molecule has 2 N–H and O–H groups in total. The SMILES string of the molecule is [CH2]=[SnH][O]C1C(O)[C@H](O[C@H]2C(C)C=COC2CC)OC(CC)[C@@H]1O. The van der Waals surface area contributed by atoms with Crippen molar-refractivity contribution in [3.8, 4) is 0 Å². The number of aliphatic hydroxyl groups excluding tert-OH is 2. The van der Waals surface area contributed by atoms with E-state index in [1.807, 2.05) is 26.8 Å². The van der Waals surface area contributed by atoms with Gasteiger partial charge in [-0.25, -0.2) is 0 Å². The summed E-state index contributed by atoms with van der Waals surface area (Å²) in [5, 5.41) is 20.8. The van der Waals surface area contributed by atoms with E-state index >= 15 is 0 Å². The maximum absolute atomic E-state index is 10.5. The first kappa shape index (κ1) is 19.3. The Kier molecular flexibility index (Phi) is 7.49. The van der Waals surface area contributed by atoms with Crippen LogP contribution in [0.3, 0.4) is 0 Å². The van der Waals surface area contributed by atoms with E-state index in [1.165, 1.54) is 0 Å². The van der Waals surface area contributed by atoms with Crippen LogP contribution in [0, 0.1) is 5.92 Å². The molecule has 0 amide bonds. The average Bonchev–Trinajstić information content (AvgIpc) is 2.55. The van der Waals surface area contributed by atoms with Gasteiger partial charge in [0.15, 0.2) is 0 Å². The van der Waals surface area contributed by atoms with Crippen LogP contribution in [0.4, 0.5) is 0 Å². The van der Waals surface area contributed by atoms with Crippen molar-refractivity contribution in [3.63, 3.8) is 0 Å². The summed E-state index contributed by atoms with van der Waals surface area (Å²) in [6.45, 7) is 6.01. The molecule has 7 heteroatoms. The Balaban J connectivity index is 2.13. The van der Waals surface area contributed by atoms with Crippen molar-refractivity contribution < 1.29 is 27.5 Å². The first-order chi connectivity index (χ1) is 11.0. The summed E-state index contributed by atoms with van der Waals surface area (Å²) >= 11 is -1.45. The first-order valence-corrected chi connectivity index (χ1v) is 12.0. The topological polar surface area (TPSA) is 77.4 Å². The third kappa shape index (κ3) is 4.35. The molecule has 0 spiro atoms. The third-order valence-electron chi connectivity index (χ3n) is 4.51. The average molecular weight is 435 g/mol. The van der Waals surface area contributed by atoms with Gasteiger partial charge in [0.1, 0.15) is 0 Å². The van der Waals surface area contributed by atoms with Crippen LogP contribution >= 0.6 is 0 Å². The van der Waals surface area contributed by atoms with E-state index in [2.05, 4.69) is 4.52 Å². The van der Waals surface area contributed by atoms with Gasteiger partial charge in [-0.3, -0.25) is 0 Å². The Morgan fingerprint density at radius 3 is 2.43 bits per heavy atom.